The van der Waals surface area contributed by atoms with Crippen LogP contribution in [0.15, 0.2) is 34.8 Å². The van der Waals surface area contributed by atoms with Crippen molar-refractivity contribution in [1.82, 2.24) is 9.97 Å². The van der Waals surface area contributed by atoms with Crippen LogP contribution >= 0.6 is 15.9 Å². The van der Waals surface area contributed by atoms with Crippen LogP contribution in [0.5, 0.6) is 0 Å². The summed E-state index contributed by atoms with van der Waals surface area (Å²) in [6.45, 7) is 2.11. The predicted octanol–water partition coefficient (Wildman–Crippen LogP) is 3.24. The average Bonchev–Trinajstić information content (AvgIpc) is 3.20. The smallest absolute Gasteiger partial charge is 0.137 e. The van der Waals surface area contributed by atoms with E-state index in [2.05, 4.69) is 25.9 Å². The molecule has 1 fully saturated rings. The number of benzene rings is 1. The molecule has 0 atom stereocenters. The lowest BCUT2D eigenvalue weighted by molar-refractivity contribution is 0.249. The molecular weight excluding hydrogens is 304 g/mol. The third-order valence-electron chi connectivity index (χ3n) is 3.62. The summed E-state index contributed by atoms with van der Waals surface area (Å²) in [6.07, 6.45) is 1.96. The van der Waals surface area contributed by atoms with Gasteiger partial charge in [0.05, 0.1) is 17.7 Å². The third kappa shape index (κ3) is 2.42. The highest BCUT2D eigenvalue weighted by Crippen LogP contribution is 2.46. The molecule has 1 aromatic carbocycles. The van der Waals surface area contributed by atoms with Crippen LogP contribution in [-0.2, 0) is 5.41 Å². The van der Waals surface area contributed by atoms with Crippen molar-refractivity contribution in [1.29, 1.82) is 0 Å². The van der Waals surface area contributed by atoms with Crippen molar-refractivity contribution in [2.45, 2.75) is 25.2 Å². The molecule has 3 nitrogen and oxygen atoms in total. The van der Waals surface area contributed by atoms with E-state index in [-0.39, 0.29) is 12.0 Å². The summed E-state index contributed by atoms with van der Waals surface area (Å²) in [4.78, 5) is 9.15. The zero-order chi connectivity index (χ0) is 13.5. The maximum absolute atomic E-state index is 9.51. The molecule has 19 heavy (non-hydrogen) atoms. The van der Waals surface area contributed by atoms with Gasteiger partial charge in [-0.3, -0.25) is 0 Å². The highest BCUT2D eigenvalue weighted by atomic mass is 79.9. The van der Waals surface area contributed by atoms with Crippen LogP contribution in [-0.4, -0.2) is 21.7 Å². The zero-order valence-electron chi connectivity index (χ0n) is 10.7. The Hall–Kier alpha value is -1.26. The molecule has 1 aliphatic rings. The second-order valence-corrected chi connectivity index (χ2v) is 6.08. The molecule has 1 N–H and O–H groups in total. The fraction of sp³-hybridized carbons (Fsp3) is 0.333. The van der Waals surface area contributed by atoms with Crippen molar-refractivity contribution in [2.24, 2.45) is 0 Å². The standard InChI is InChI=1S/C15H15BrN2O/c1-10-8-13(11-2-4-12(16)5-3-11)18-14(17-10)15(9-19)6-7-15/h2-5,8,19H,6-7,9H2,1H3. The zero-order valence-corrected chi connectivity index (χ0v) is 12.3. The van der Waals surface area contributed by atoms with Crippen LogP contribution in [0.3, 0.4) is 0 Å². The van der Waals surface area contributed by atoms with Gasteiger partial charge in [-0.2, -0.15) is 0 Å². The molecule has 0 radical (unpaired) electrons. The lowest BCUT2D eigenvalue weighted by atomic mass is 10.1. The van der Waals surface area contributed by atoms with E-state index < -0.39 is 0 Å². The summed E-state index contributed by atoms with van der Waals surface area (Å²) in [7, 11) is 0. The van der Waals surface area contributed by atoms with Gasteiger partial charge in [-0.05, 0) is 38.0 Å². The minimum absolute atomic E-state index is 0.135. The number of aromatic nitrogens is 2. The van der Waals surface area contributed by atoms with E-state index in [4.69, 9.17) is 0 Å². The molecule has 98 valence electrons. The monoisotopic (exact) mass is 318 g/mol. The SMILES string of the molecule is Cc1cc(-c2ccc(Br)cc2)nc(C2(CO)CC2)n1. The van der Waals surface area contributed by atoms with Crippen molar-refractivity contribution < 1.29 is 5.11 Å². The van der Waals surface area contributed by atoms with Gasteiger partial charge in [-0.1, -0.05) is 28.1 Å². The second kappa shape index (κ2) is 4.69. The number of hydrogen-bond acceptors (Lipinski definition) is 3. The van der Waals surface area contributed by atoms with Crippen molar-refractivity contribution in [3.63, 3.8) is 0 Å². The normalized spacial score (nSPS) is 16.4. The quantitative estimate of drug-likeness (QED) is 0.945. The van der Waals surface area contributed by atoms with E-state index >= 15 is 0 Å². The molecule has 1 aliphatic carbocycles. The number of aliphatic hydroxyl groups excluding tert-OH is 1. The molecule has 1 heterocycles. The van der Waals surface area contributed by atoms with E-state index in [1.54, 1.807) is 0 Å². The van der Waals surface area contributed by atoms with Crippen LogP contribution in [0.1, 0.15) is 24.4 Å². The first kappa shape index (κ1) is 12.8. The van der Waals surface area contributed by atoms with Crippen molar-refractivity contribution in [2.75, 3.05) is 6.61 Å². The molecule has 0 saturated heterocycles. The van der Waals surface area contributed by atoms with Gasteiger partial charge in [0.2, 0.25) is 0 Å². The Bertz CT molecular complexity index is 606. The van der Waals surface area contributed by atoms with Gasteiger partial charge in [0, 0.05) is 15.7 Å². The van der Waals surface area contributed by atoms with Crippen LogP contribution < -0.4 is 0 Å². The molecule has 0 unspecified atom stereocenters. The van der Waals surface area contributed by atoms with Crippen LogP contribution in [0.2, 0.25) is 0 Å². The Labute approximate surface area is 120 Å². The second-order valence-electron chi connectivity index (χ2n) is 5.16. The summed E-state index contributed by atoms with van der Waals surface area (Å²) >= 11 is 3.43. The predicted molar refractivity (Wildman–Crippen MR) is 77.9 cm³/mol. The number of rotatable bonds is 3. The van der Waals surface area contributed by atoms with Gasteiger partial charge in [0.25, 0.3) is 0 Å². The van der Waals surface area contributed by atoms with Crippen LogP contribution in [0, 0.1) is 6.92 Å². The molecule has 2 aromatic rings. The minimum Gasteiger partial charge on any atom is -0.395 e. The number of halogens is 1. The van der Waals surface area contributed by atoms with Crippen LogP contribution in [0.4, 0.5) is 0 Å². The van der Waals surface area contributed by atoms with E-state index in [0.717, 1.165) is 40.1 Å². The number of aliphatic hydroxyl groups is 1. The van der Waals surface area contributed by atoms with E-state index in [9.17, 15) is 5.11 Å². The number of aryl methyl sites for hydroxylation is 1. The Morgan fingerprint density at radius 2 is 1.89 bits per heavy atom. The molecule has 1 saturated carbocycles. The Morgan fingerprint density at radius 1 is 1.21 bits per heavy atom. The van der Waals surface area contributed by atoms with Crippen molar-refractivity contribution in [3.8, 4) is 11.3 Å². The first-order valence-corrected chi connectivity index (χ1v) is 7.15. The van der Waals surface area contributed by atoms with E-state index in [1.165, 1.54) is 0 Å². The van der Waals surface area contributed by atoms with E-state index in [1.807, 2.05) is 37.3 Å². The van der Waals surface area contributed by atoms with Crippen LogP contribution in [0.25, 0.3) is 11.3 Å². The highest BCUT2D eigenvalue weighted by molar-refractivity contribution is 9.10. The molecule has 0 bridgehead atoms. The largest absolute Gasteiger partial charge is 0.395 e. The van der Waals surface area contributed by atoms with Crippen molar-refractivity contribution >= 4 is 15.9 Å². The van der Waals surface area contributed by atoms with Gasteiger partial charge in [0.15, 0.2) is 0 Å². The molecule has 0 amide bonds. The molecular formula is C15H15BrN2O. The van der Waals surface area contributed by atoms with Crippen molar-refractivity contribution in [3.05, 3.63) is 46.3 Å². The number of hydrogen-bond donors (Lipinski definition) is 1. The summed E-state index contributed by atoms with van der Waals surface area (Å²) < 4.78 is 1.05. The van der Waals surface area contributed by atoms with Gasteiger partial charge >= 0.3 is 0 Å². The number of nitrogens with zero attached hydrogens (tertiary/aromatic N) is 2. The summed E-state index contributed by atoms with van der Waals surface area (Å²) in [6, 6.07) is 10.1. The Kier molecular flexibility index (Phi) is 3.15. The van der Waals surface area contributed by atoms with Gasteiger partial charge < -0.3 is 5.11 Å². The maximum Gasteiger partial charge on any atom is 0.137 e. The first-order chi connectivity index (χ1) is 9.13. The Balaban J connectivity index is 2.05. The lowest BCUT2D eigenvalue weighted by Crippen LogP contribution is -2.17. The van der Waals surface area contributed by atoms with E-state index in [0.29, 0.717) is 0 Å². The summed E-state index contributed by atoms with van der Waals surface area (Å²) in [5.74, 6) is 0.785. The average molecular weight is 319 g/mol. The fourth-order valence-corrected chi connectivity index (χ4v) is 2.44. The molecule has 3 rings (SSSR count). The maximum atomic E-state index is 9.51. The first-order valence-electron chi connectivity index (χ1n) is 6.36. The summed E-state index contributed by atoms with van der Waals surface area (Å²) in [5, 5.41) is 9.51. The van der Waals surface area contributed by atoms with Gasteiger partial charge in [0.1, 0.15) is 5.82 Å². The van der Waals surface area contributed by atoms with Gasteiger partial charge in [-0.15, -0.1) is 0 Å². The highest BCUT2D eigenvalue weighted by Gasteiger charge is 2.46. The molecule has 0 spiro atoms. The molecule has 0 aliphatic heterocycles. The third-order valence-corrected chi connectivity index (χ3v) is 4.15. The summed E-state index contributed by atoms with van der Waals surface area (Å²) in [5.41, 5.74) is 2.76. The minimum atomic E-state index is -0.184. The lowest BCUT2D eigenvalue weighted by Gasteiger charge is -2.12. The fourth-order valence-electron chi connectivity index (χ4n) is 2.18. The molecule has 1 aromatic heterocycles. The Morgan fingerprint density at radius 3 is 2.47 bits per heavy atom. The topological polar surface area (TPSA) is 46.0 Å². The molecule has 4 heteroatoms. The van der Waals surface area contributed by atoms with Gasteiger partial charge in [-0.25, -0.2) is 9.97 Å².